The maximum absolute atomic E-state index is 12.6. The molecule has 0 spiro atoms. The Morgan fingerprint density at radius 3 is 2.68 bits per heavy atom. The molecule has 2 heterocycles. The van der Waals surface area contributed by atoms with Crippen LogP contribution in [0.5, 0.6) is 0 Å². The highest BCUT2D eigenvalue weighted by Gasteiger charge is 2.43. The van der Waals surface area contributed by atoms with Crippen LogP contribution in [0.3, 0.4) is 0 Å². The van der Waals surface area contributed by atoms with Crippen molar-refractivity contribution in [2.75, 3.05) is 4.90 Å². The minimum Gasteiger partial charge on any atom is -0.306 e. The van der Waals surface area contributed by atoms with Crippen molar-refractivity contribution in [3.05, 3.63) is 50.6 Å². The molecule has 2 aromatic rings. The Morgan fingerprint density at radius 1 is 1.26 bits per heavy atom. The predicted octanol–water partition coefficient (Wildman–Crippen LogP) is 4.34. The van der Waals surface area contributed by atoms with E-state index in [9.17, 15) is 4.79 Å². The standard InChI is InChI=1S/C15H14BrNOS/c1-15(2)10-5-3-4-6-12(10)17(14(15)18)9-13-11(16)7-8-19-13/h3-8H,9H2,1-2H3. The maximum atomic E-state index is 12.6. The average Bonchev–Trinajstić information content (AvgIpc) is 2.87. The smallest absolute Gasteiger partial charge is 0.237 e. The predicted molar refractivity (Wildman–Crippen MR) is 82.7 cm³/mol. The first-order valence-electron chi connectivity index (χ1n) is 6.15. The fraction of sp³-hybridized carbons (Fsp3) is 0.267. The van der Waals surface area contributed by atoms with Gasteiger partial charge in [-0.05, 0) is 52.9 Å². The van der Waals surface area contributed by atoms with E-state index in [4.69, 9.17) is 0 Å². The molecule has 0 saturated carbocycles. The molecule has 0 aliphatic carbocycles. The summed E-state index contributed by atoms with van der Waals surface area (Å²) >= 11 is 5.21. The quantitative estimate of drug-likeness (QED) is 0.799. The molecule has 98 valence electrons. The van der Waals surface area contributed by atoms with Crippen LogP contribution >= 0.6 is 27.3 Å². The number of carbonyl (C=O) groups excluding carboxylic acids is 1. The number of anilines is 1. The van der Waals surface area contributed by atoms with Crippen LogP contribution in [0.4, 0.5) is 5.69 Å². The summed E-state index contributed by atoms with van der Waals surface area (Å²) in [4.78, 5) is 15.7. The molecule has 0 radical (unpaired) electrons. The van der Waals surface area contributed by atoms with Gasteiger partial charge in [-0.3, -0.25) is 4.79 Å². The molecule has 1 aromatic carbocycles. The monoisotopic (exact) mass is 335 g/mol. The second-order valence-electron chi connectivity index (χ2n) is 5.23. The van der Waals surface area contributed by atoms with Crippen molar-refractivity contribution in [2.24, 2.45) is 0 Å². The molecule has 0 unspecified atom stereocenters. The zero-order valence-electron chi connectivity index (χ0n) is 10.8. The third-order valence-electron chi connectivity index (χ3n) is 3.64. The molecule has 0 atom stereocenters. The second-order valence-corrected chi connectivity index (χ2v) is 7.08. The summed E-state index contributed by atoms with van der Waals surface area (Å²) in [5.74, 6) is 0.175. The van der Waals surface area contributed by atoms with E-state index in [1.165, 1.54) is 4.88 Å². The van der Waals surface area contributed by atoms with Crippen LogP contribution in [0, 0.1) is 0 Å². The average molecular weight is 336 g/mol. The van der Waals surface area contributed by atoms with E-state index >= 15 is 0 Å². The summed E-state index contributed by atoms with van der Waals surface area (Å²) in [5.41, 5.74) is 1.73. The zero-order valence-corrected chi connectivity index (χ0v) is 13.2. The molecular weight excluding hydrogens is 322 g/mol. The van der Waals surface area contributed by atoms with Gasteiger partial charge in [-0.25, -0.2) is 0 Å². The van der Waals surface area contributed by atoms with Crippen LogP contribution in [-0.2, 0) is 16.8 Å². The number of thiophene rings is 1. The van der Waals surface area contributed by atoms with E-state index in [0.717, 1.165) is 15.7 Å². The van der Waals surface area contributed by atoms with E-state index in [-0.39, 0.29) is 5.91 Å². The van der Waals surface area contributed by atoms with E-state index in [1.54, 1.807) is 11.3 Å². The molecular formula is C15H14BrNOS. The Balaban J connectivity index is 2.04. The van der Waals surface area contributed by atoms with Crippen molar-refractivity contribution in [1.29, 1.82) is 0 Å². The van der Waals surface area contributed by atoms with Gasteiger partial charge < -0.3 is 4.90 Å². The van der Waals surface area contributed by atoms with Crippen LogP contribution in [0.25, 0.3) is 0 Å². The van der Waals surface area contributed by atoms with Gasteiger partial charge in [0.15, 0.2) is 0 Å². The van der Waals surface area contributed by atoms with Gasteiger partial charge >= 0.3 is 0 Å². The van der Waals surface area contributed by atoms with Gasteiger partial charge in [-0.2, -0.15) is 0 Å². The molecule has 3 rings (SSSR count). The van der Waals surface area contributed by atoms with Gasteiger partial charge in [0.2, 0.25) is 5.91 Å². The van der Waals surface area contributed by atoms with Crippen LogP contribution < -0.4 is 4.90 Å². The van der Waals surface area contributed by atoms with Gasteiger partial charge in [0, 0.05) is 15.0 Å². The van der Waals surface area contributed by atoms with Gasteiger partial charge in [0.05, 0.1) is 12.0 Å². The van der Waals surface area contributed by atoms with E-state index in [2.05, 4.69) is 22.0 Å². The topological polar surface area (TPSA) is 20.3 Å². The number of amides is 1. The number of hydrogen-bond acceptors (Lipinski definition) is 2. The Kier molecular flexibility index (Phi) is 3.02. The fourth-order valence-corrected chi connectivity index (χ4v) is 4.00. The van der Waals surface area contributed by atoms with Crippen molar-refractivity contribution in [3.63, 3.8) is 0 Å². The minimum absolute atomic E-state index is 0.175. The highest BCUT2D eigenvalue weighted by molar-refractivity contribution is 9.10. The molecule has 0 saturated heterocycles. The van der Waals surface area contributed by atoms with Crippen LogP contribution in [0.1, 0.15) is 24.3 Å². The van der Waals surface area contributed by atoms with Crippen molar-refractivity contribution in [3.8, 4) is 0 Å². The third-order valence-corrected chi connectivity index (χ3v) is 5.55. The molecule has 0 bridgehead atoms. The number of carbonyl (C=O) groups is 1. The summed E-state index contributed by atoms with van der Waals surface area (Å²) in [7, 11) is 0. The first-order valence-corrected chi connectivity index (χ1v) is 7.82. The third kappa shape index (κ3) is 1.94. The molecule has 0 N–H and O–H groups in total. The number of benzene rings is 1. The highest BCUT2D eigenvalue weighted by atomic mass is 79.9. The summed E-state index contributed by atoms with van der Waals surface area (Å²) < 4.78 is 1.08. The van der Waals surface area contributed by atoms with Crippen molar-refractivity contribution < 1.29 is 4.79 Å². The molecule has 4 heteroatoms. The van der Waals surface area contributed by atoms with Crippen LogP contribution in [0.2, 0.25) is 0 Å². The lowest BCUT2D eigenvalue weighted by molar-refractivity contribution is -0.122. The van der Waals surface area contributed by atoms with Gasteiger partial charge in [0.1, 0.15) is 0 Å². The summed E-state index contributed by atoms with van der Waals surface area (Å²) in [6.45, 7) is 4.63. The van der Waals surface area contributed by atoms with Crippen LogP contribution in [-0.4, -0.2) is 5.91 Å². The lowest BCUT2D eigenvalue weighted by Gasteiger charge is -2.20. The molecule has 1 amide bonds. The number of para-hydroxylation sites is 1. The van der Waals surface area contributed by atoms with Gasteiger partial charge in [0.25, 0.3) is 0 Å². The Bertz CT molecular complexity index is 647. The Hall–Kier alpha value is -1.13. The minimum atomic E-state index is -0.430. The van der Waals surface area contributed by atoms with E-state index in [0.29, 0.717) is 6.54 Å². The van der Waals surface area contributed by atoms with E-state index in [1.807, 2.05) is 48.4 Å². The summed E-state index contributed by atoms with van der Waals surface area (Å²) in [5, 5.41) is 2.04. The number of rotatable bonds is 2. The number of nitrogens with zero attached hydrogens (tertiary/aromatic N) is 1. The normalized spacial score (nSPS) is 16.8. The van der Waals surface area contributed by atoms with Crippen molar-refractivity contribution in [2.45, 2.75) is 25.8 Å². The first kappa shape index (κ1) is 12.9. The number of fused-ring (bicyclic) bond motifs is 1. The molecule has 1 aliphatic rings. The maximum Gasteiger partial charge on any atom is 0.237 e. The molecule has 1 aliphatic heterocycles. The largest absolute Gasteiger partial charge is 0.306 e. The first-order chi connectivity index (χ1) is 9.01. The molecule has 1 aromatic heterocycles. The number of halogens is 1. The zero-order chi connectivity index (χ0) is 13.6. The lowest BCUT2D eigenvalue weighted by atomic mass is 9.86. The van der Waals surface area contributed by atoms with Crippen LogP contribution in [0.15, 0.2) is 40.2 Å². The SMILES string of the molecule is CC1(C)C(=O)N(Cc2sccc2Br)c2ccccc21. The van der Waals surface area contributed by atoms with Crippen molar-refractivity contribution in [1.82, 2.24) is 0 Å². The molecule has 19 heavy (non-hydrogen) atoms. The molecule has 0 fully saturated rings. The molecule has 2 nitrogen and oxygen atoms in total. The second kappa shape index (κ2) is 4.46. The Labute approximate surface area is 125 Å². The fourth-order valence-electron chi connectivity index (χ4n) is 2.54. The highest BCUT2D eigenvalue weighted by Crippen LogP contribution is 2.42. The lowest BCUT2D eigenvalue weighted by Crippen LogP contribution is -2.35. The Morgan fingerprint density at radius 2 is 2.00 bits per heavy atom. The summed E-state index contributed by atoms with van der Waals surface area (Å²) in [6.07, 6.45) is 0. The van der Waals surface area contributed by atoms with Gasteiger partial charge in [-0.15, -0.1) is 11.3 Å². The number of hydrogen-bond donors (Lipinski definition) is 0. The van der Waals surface area contributed by atoms with E-state index < -0.39 is 5.41 Å². The van der Waals surface area contributed by atoms with Gasteiger partial charge in [-0.1, -0.05) is 18.2 Å². The van der Waals surface area contributed by atoms with Crippen molar-refractivity contribution >= 4 is 38.9 Å². The summed E-state index contributed by atoms with van der Waals surface area (Å²) in [6, 6.07) is 10.1.